The number of halogens is 1. The van der Waals surface area contributed by atoms with Crippen LogP contribution >= 0.6 is 0 Å². The number of hydrogen-bond acceptors (Lipinski definition) is 3. The molecule has 0 aromatic carbocycles. The summed E-state index contributed by atoms with van der Waals surface area (Å²) in [4.78, 5) is 0. The molecule has 0 fully saturated rings. The van der Waals surface area contributed by atoms with Gasteiger partial charge >= 0.3 is 23.1 Å². The molecule has 68 valence electrons. The maximum absolute atomic E-state index is 8.93. The van der Waals surface area contributed by atoms with Gasteiger partial charge < -0.3 is 15.3 Å². The standard InChI is InChI=1S/3C2H5O.H2I.Mg/c3*1-2-3;;/h3*2H2,1H3;1H2;/q3*-1;+1;+2. The quantitative estimate of drug-likeness (QED) is 0.329. The van der Waals surface area contributed by atoms with Gasteiger partial charge in [0.15, 0.2) is 0 Å². The van der Waals surface area contributed by atoms with Crippen LogP contribution in [0.15, 0.2) is 0 Å². The van der Waals surface area contributed by atoms with E-state index in [2.05, 4.69) is 0 Å². The average molecular weight is 288 g/mol. The first-order valence-electron chi connectivity index (χ1n) is 2.99. The van der Waals surface area contributed by atoms with E-state index in [1.165, 1.54) is 0 Å². The maximum Gasteiger partial charge on any atom is 2.00 e. The van der Waals surface area contributed by atoms with Crippen LogP contribution in [0.5, 0.6) is 0 Å². The Labute approximate surface area is 102 Å². The van der Waals surface area contributed by atoms with Gasteiger partial charge in [0.25, 0.3) is 0 Å². The van der Waals surface area contributed by atoms with Crippen molar-refractivity contribution in [3.63, 3.8) is 0 Å². The summed E-state index contributed by atoms with van der Waals surface area (Å²) in [7, 11) is 0. The first-order chi connectivity index (χ1) is 4.24. The van der Waals surface area contributed by atoms with E-state index in [9.17, 15) is 0 Å². The van der Waals surface area contributed by atoms with Gasteiger partial charge in [-0.05, 0) is 0 Å². The molecule has 11 heavy (non-hydrogen) atoms. The topological polar surface area (TPSA) is 69.2 Å². The Hall–Kier alpha value is 1.38. The molecule has 5 heteroatoms. The van der Waals surface area contributed by atoms with Crippen LogP contribution in [0, 0.1) is 0 Å². The summed E-state index contributed by atoms with van der Waals surface area (Å²) < 4.78 is 0. The SMILES string of the molecule is CC[O-].CC[O-].CC[O-].[IH2+].[Mg+2]. The van der Waals surface area contributed by atoms with Gasteiger partial charge in [0.05, 0.1) is 0 Å². The molecular weight excluding hydrogens is 271 g/mol. The van der Waals surface area contributed by atoms with Gasteiger partial charge in [0, 0.05) is 0 Å². The third kappa shape index (κ3) is 528. The Morgan fingerprint density at radius 1 is 0.727 bits per heavy atom. The van der Waals surface area contributed by atoms with E-state index in [0.717, 1.165) is 0 Å². The van der Waals surface area contributed by atoms with Crippen molar-refractivity contribution in [2.75, 3.05) is 19.8 Å². The van der Waals surface area contributed by atoms with Crippen molar-refractivity contribution < 1.29 is 39.3 Å². The van der Waals surface area contributed by atoms with Gasteiger partial charge in [-0.1, -0.05) is 20.8 Å². The largest absolute Gasteiger partial charge is 2.00 e. The van der Waals surface area contributed by atoms with Crippen molar-refractivity contribution in [1.82, 2.24) is 0 Å². The third-order valence-corrected chi connectivity index (χ3v) is 0. The van der Waals surface area contributed by atoms with Crippen LogP contribution in [-0.2, 0) is 0 Å². The van der Waals surface area contributed by atoms with E-state index in [4.69, 9.17) is 15.3 Å². The van der Waals surface area contributed by atoms with Crippen LogP contribution in [-0.4, -0.2) is 42.9 Å². The molecule has 0 bridgehead atoms. The number of hydrogen-bond donors (Lipinski definition) is 0. The van der Waals surface area contributed by atoms with Crippen LogP contribution in [0.1, 0.15) is 20.8 Å². The van der Waals surface area contributed by atoms with Crippen molar-refractivity contribution in [2.24, 2.45) is 0 Å². The van der Waals surface area contributed by atoms with E-state index in [1.54, 1.807) is 20.8 Å². The fourth-order valence-corrected chi connectivity index (χ4v) is 0. The van der Waals surface area contributed by atoms with Gasteiger partial charge in [-0.15, -0.1) is 19.8 Å². The van der Waals surface area contributed by atoms with Crippen molar-refractivity contribution in [2.45, 2.75) is 20.8 Å². The van der Waals surface area contributed by atoms with E-state index in [0.29, 0.717) is 0 Å². The minimum absolute atomic E-state index is 0. The van der Waals surface area contributed by atoms with E-state index >= 15 is 0 Å². The second kappa shape index (κ2) is 64.0. The second-order valence-electron chi connectivity index (χ2n) is 0.866. The minimum atomic E-state index is 0. The molecule has 0 N–H and O–H groups in total. The molecule has 0 aromatic heterocycles. The Morgan fingerprint density at radius 3 is 0.727 bits per heavy atom. The first kappa shape index (κ1) is 29.4. The van der Waals surface area contributed by atoms with Gasteiger partial charge in [-0.2, -0.15) is 0 Å². The summed E-state index contributed by atoms with van der Waals surface area (Å²) in [5, 5.41) is 26.8. The predicted octanol–water partition coefficient (Wildman–Crippen LogP) is -5.81. The molecule has 0 aliphatic heterocycles. The molecule has 3 nitrogen and oxygen atoms in total. The van der Waals surface area contributed by atoms with Crippen molar-refractivity contribution in [3.8, 4) is 0 Å². The Kier molecular flexibility index (Phi) is 171. The normalized spacial score (nSPS) is 4.91. The monoisotopic (exact) mass is 288 g/mol. The predicted molar refractivity (Wildman–Crippen MR) is 40.2 cm³/mol. The molecule has 0 amide bonds. The summed E-state index contributed by atoms with van der Waals surface area (Å²) in [5.74, 6) is 0. The summed E-state index contributed by atoms with van der Waals surface area (Å²) in [6.45, 7) is 4.71. The van der Waals surface area contributed by atoms with E-state index < -0.39 is 0 Å². The molecule has 0 unspecified atom stereocenters. The van der Waals surface area contributed by atoms with Gasteiger partial charge in [0.1, 0.15) is 0 Å². The molecule has 0 aromatic rings. The van der Waals surface area contributed by atoms with Crippen LogP contribution in [0.25, 0.3) is 0 Å². The second-order valence-corrected chi connectivity index (χ2v) is 0.866. The van der Waals surface area contributed by atoms with Crippen molar-refractivity contribution in [3.05, 3.63) is 0 Å². The summed E-state index contributed by atoms with van der Waals surface area (Å²) in [6, 6.07) is 0. The van der Waals surface area contributed by atoms with Crippen molar-refractivity contribution in [1.29, 1.82) is 0 Å². The molecule has 0 saturated carbocycles. The molecule has 0 radical (unpaired) electrons. The van der Waals surface area contributed by atoms with E-state index in [-0.39, 0.29) is 66.9 Å². The Bertz CT molecular complexity index is 22.5. The van der Waals surface area contributed by atoms with Crippen LogP contribution in [0.2, 0.25) is 0 Å². The molecule has 0 aliphatic carbocycles. The smallest absolute Gasteiger partial charge is 0.855 e. The molecule has 0 spiro atoms. The van der Waals surface area contributed by atoms with Gasteiger partial charge in [0.2, 0.25) is 24.0 Å². The van der Waals surface area contributed by atoms with Gasteiger partial charge in [-0.3, -0.25) is 0 Å². The molecule has 0 saturated heterocycles. The average Bonchev–Trinajstić information content (AvgIpc) is 1.70. The fourth-order valence-electron chi connectivity index (χ4n) is 0. The third-order valence-electron chi connectivity index (χ3n) is 0. The molecule has 0 heterocycles. The van der Waals surface area contributed by atoms with Crippen LogP contribution in [0.3, 0.4) is 0 Å². The summed E-state index contributed by atoms with van der Waals surface area (Å²) >= 11 is 0. The molecular formula is C6H17IMgO3. The number of rotatable bonds is 0. The Balaban J connectivity index is -0.0000000150. The molecule has 0 atom stereocenters. The first-order valence-corrected chi connectivity index (χ1v) is 2.99. The minimum Gasteiger partial charge on any atom is -0.855 e. The van der Waals surface area contributed by atoms with Crippen LogP contribution in [0.4, 0.5) is 0 Å². The Morgan fingerprint density at radius 2 is 0.727 bits per heavy atom. The maximum atomic E-state index is 8.93. The van der Waals surface area contributed by atoms with Gasteiger partial charge in [-0.25, -0.2) is 0 Å². The summed E-state index contributed by atoms with van der Waals surface area (Å²) in [6.07, 6.45) is 0. The van der Waals surface area contributed by atoms with Crippen molar-refractivity contribution >= 4 is 23.1 Å². The van der Waals surface area contributed by atoms with Crippen LogP contribution < -0.4 is 39.3 Å². The summed E-state index contributed by atoms with van der Waals surface area (Å²) in [5.41, 5.74) is 0. The molecule has 0 aliphatic rings. The molecule has 0 rings (SSSR count). The zero-order valence-corrected chi connectivity index (χ0v) is 11.5. The zero-order valence-electron chi connectivity index (χ0n) is 7.50. The van der Waals surface area contributed by atoms with E-state index in [1.807, 2.05) is 0 Å². The fraction of sp³-hybridized carbons (Fsp3) is 1.00. The zero-order chi connectivity index (χ0) is 8.12.